The molecule has 0 aliphatic carbocycles. The number of rotatable bonds is 2. The lowest BCUT2D eigenvalue weighted by Gasteiger charge is -2.12. The van der Waals surface area contributed by atoms with Gasteiger partial charge in [-0.05, 0) is 60.0 Å². The summed E-state index contributed by atoms with van der Waals surface area (Å²) >= 11 is 0. The van der Waals surface area contributed by atoms with Gasteiger partial charge in [0.15, 0.2) is 0 Å². The highest BCUT2D eigenvalue weighted by Gasteiger charge is 2.12. The van der Waals surface area contributed by atoms with E-state index in [1.165, 1.54) is 21.9 Å². The van der Waals surface area contributed by atoms with Crippen LogP contribution in [0.4, 0.5) is 0 Å². The van der Waals surface area contributed by atoms with E-state index >= 15 is 0 Å². The molecule has 2 heterocycles. The van der Waals surface area contributed by atoms with Crippen molar-refractivity contribution in [2.24, 2.45) is 0 Å². The van der Waals surface area contributed by atoms with E-state index in [-0.39, 0.29) is 0 Å². The van der Waals surface area contributed by atoms with Crippen LogP contribution in [0.5, 0.6) is 0 Å². The third-order valence-corrected chi connectivity index (χ3v) is 4.31. The maximum Gasteiger partial charge on any atom is 0.134 e. The first-order valence-corrected chi connectivity index (χ1v) is 7.36. The van der Waals surface area contributed by atoms with Crippen LogP contribution in [-0.2, 0) is 0 Å². The predicted molar refractivity (Wildman–Crippen MR) is 88.8 cm³/mol. The maximum atomic E-state index is 5.55. The zero-order valence-corrected chi connectivity index (χ0v) is 12.6. The Bertz CT molecular complexity index is 850. The molecule has 0 bridgehead atoms. The van der Waals surface area contributed by atoms with Crippen LogP contribution >= 0.6 is 0 Å². The fourth-order valence-corrected chi connectivity index (χ4v) is 3.10. The monoisotopic (exact) mass is 288 g/mol. The number of furan rings is 2. The number of benzene rings is 2. The van der Waals surface area contributed by atoms with Gasteiger partial charge in [-0.25, -0.2) is 0 Å². The molecule has 2 nitrogen and oxygen atoms in total. The van der Waals surface area contributed by atoms with Crippen LogP contribution in [0, 0.1) is 13.8 Å². The minimum Gasteiger partial charge on any atom is -0.464 e. The number of aryl methyl sites for hydroxylation is 2. The maximum absolute atomic E-state index is 5.55. The average Bonchev–Trinajstić information content (AvgIpc) is 3.22. The first kappa shape index (κ1) is 13.0. The summed E-state index contributed by atoms with van der Waals surface area (Å²) in [5.41, 5.74) is 4.76. The smallest absolute Gasteiger partial charge is 0.134 e. The predicted octanol–water partition coefficient (Wildman–Crippen LogP) is 5.98. The Kier molecular flexibility index (Phi) is 2.90. The molecule has 0 unspecified atom stereocenters. The van der Waals surface area contributed by atoms with Crippen LogP contribution < -0.4 is 0 Å². The van der Waals surface area contributed by atoms with Gasteiger partial charge >= 0.3 is 0 Å². The summed E-state index contributed by atoms with van der Waals surface area (Å²) in [6.07, 6.45) is 3.43. The minimum atomic E-state index is 0.909. The van der Waals surface area contributed by atoms with E-state index < -0.39 is 0 Å². The minimum absolute atomic E-state index is 0.909. The van der Waals surface area contributed by atoms with Gasteiger partial charge in [0, 0.05) is 11.1 Å². The molecule has 0 saturated carbocycles. The van der Waals surface area contributed by atoms with E-state index in [0.29, 0.717) is 0 Å². The highest BCUT2D eigenvalue weighted by Crippen LogP contribution is 2.35. The van der Waals surface area contributed by atoms with Crippen molar-refractivity contribution >= 4 is 10.8 Å². The third-order valence-electron chi connectivity index (χ3n) is 4.31. The van der Waals surface area contributed by atoms with Gasteiger partial charge < -0.3 is 8.83 Å². The normalized spacial score (nSPS) is 11.2. The fourth-order valence-electron chi connectivity index (χ4n) is 3.10. The van der Waals surface area contributed by atoms with Gasteiger partial charge in [0.1, 0.15) is 11.5 Å². The van der Waals surface area contributed by atoms with Crippen molar-refractivity contribution in [1.82, 2.24) is 0 Å². The Balaban J connectivity index is 1.96. The molecular formula is C20H16O2. The van der Waals surface area contributed by atoms with Gasteiger partial charge in [0.25, 0.3) is 0 Å². The molecular weight excluding hydrogens is 272 g/mol. The molecule has 0 fully saturated rings. The lowest BCUT2D eigenvalue weighted by atomic mass is 9.93. The first-order valence-electron chi connectivity index (χ1n) is 7.36. The van der Waals surface area contributed by atoms with Gasteiger partial charge in [-0.15, -0.1) is 0 Å². The van der Waals surface area contributed by atoms with Crippen LogP contribution in [-0.4, -0.2) is 0 Å². The van der Waals surface area contributed by atoms with Crippen molar-refractivity contribution in [2.45, 2.75) is 13.8 Å². The summed E-state index contributed by atoms with van der Waals surface area (Å²) in [4.78, 5) is 0. The molecule has 0 atom stereocenters. The molecule has 0 N–H and O–H groups in total. The molecule has 0 radical (unpaired) electrons. The van der Waals surface area contributed by atoms with Crippen molar-refractivity contribution in [1.29, 1.82) is 0 Å². The summed E-state index contributed by atoms with van der Waals surface area (Å²) < 4.78 is 11.1. The molecule has 4 rings (SSSR count). The average molecular weight is 288 g/mol. The lowest BCUT2D eigenvalue weighted by Crippen LogP contribution is -1.89. The summed E-state index contributed by atoms with van der Waals surface area (Å²) in [6.45, 7) is 4.29. The van der Waals surface area contributed by atoms with Gasteiger partial charge in [0.2, 0.25) is 0 Å². The van der Waals surface area contributed by atoms with E-state index in [4.69, 9.17) is 8.83 Å². The zero-order chi connectivity index (χ0) is 15.1. The van der Waals surface area contributed by atoms with E-state index in [2.05, 4.69) is 38.1 Å². The van der Waals surface area contributed by atoms with Gasteiger partial charge in [-0.1, -0.05) is 24.3 Å². The number of hydrogen-bond acceptors (Lipinski definition) is 2. The largest absolute Gasteiger partial charge is 0.464 e. The van der Waals surface area contributed by atoms with Crippen molar-refractivity contribution < 1.29 is 8.83 Å². The molecule has 2 aromatic carbocycles. The SMILES string of the molecule is Cc1c(-c2ccco2)ccc2c(C)c(-c3ccco3)ccc12. The van der Waals surface area contributed by atoms with Crippen LogP contribution in [0.1, 0.15) is 11.1 Å². The van der Waals surface area contributed by atoms with Gasteiger partial charge in [-0.3, -0.25) is 0 Å². The fraction of sp³-hybridized carbons (Fsp3) is 0.100. The standard InChI is InChI=1S/C20H16O2/c1-13-15-7-10-18(20-6-4-12-22-20)14(2)16(15)8-9-17(13)19-5-3-11-21-19/h3-12H,1-2H3. The first-order chi connectivity index (χ1) is 10.8. The number of hydrogen-bond donors (Lipinski definition) is 0. The lowest BCUT2D eigenvalue weighted by molar-refractivity contribution is 0.581. The Labute approximate surface area is 129 Å². The molecule has 2 aromatic heterocycles. The molecule has 0 spiro atoms. The van der Waals surface area contributed by atoms with Crippen LogP contribution in [0.15, 0.2) is 69.9 Å². The van der Waals surface area contributed by atoms with E-state index in [9.17, 15) is 0 Å². The summed E-state index contributed by atoms with van der Waals surface area (Å²) in [6, 6.07) is 16.4. The topological polar surface area (TPSA) is 26.3 Å². The molecule has 4 aromatic rings. The van der Waals surface area contributed by atoms with Crippen LogP contribution in [0.3, 0.4) is 0 Å². The Morgan fingerprint density at radius 1 is 0.591 bits per heavy atom. The van der Waals surface area contributed by atoms with Crippen molar-refractivity contribution in [3.05, 3.63) is 72.2 Å². The molecule has 0 amide bonds. The summed E-state index contributed by atoms with van der Waals surface area (Å²) in [5, 5.41) is 2.50. The van der Waals surface area contributed by atoms with Gasteiger partial charge in [-0.2, -0.15) is 0 Å². The molecule has 22 heavy (non-hydrogen) atoms. The van der Waals surface area contributed by atoms with Crippen molar-refractivity contribution in [3.8, 4) is 22.6 Å². The Hall–Kier alpha value is -2.74. The third kappa shape index (κ3) is 1.88. The molecule has 2 heteroatoms. The molecule has 0 aliphatic heterocycles. The highest BCUT2D eigenvalue weighted by atomic mass is 16.3. The second-order valence-electron chi connectivity index (χ2n) is 5.53. The van der Waals surface area contributed by atoms with Crippen molar-refractivity contribution in [3.63, 3.8) is 0 Å². The summed E-state index contributed by atoms with van der Waals surface area (Å²) in [7, 11) is 0. The second-order valence-corrected chi connectivity index (χ2v) is 5.53. The Morgan fingerprint density at radius 2 is 1.05 bits per heavy atom. The number of fused-ring (bicyclic) bond motifs is 1. The highest BCUT2D eigenvalue weighted by molar-refractivity contribution is 5.96. The molecule has 0 aliphatic rings. The van der Waals surface area contributed by atoms with E-state index in [1.54, 1.807) is 12.5 Å². The van der Waals surface area contributed by atoms with Crippen LogP contribution in [0.25, 0.3) is 33.4 Å². The van der Waals surface area contributed by atoms with E-state index in [0.717, 1.165) is 22.6 Å². The molecule has 0 saturated heterocycles. The summed E-state index contributed by atoms with van der Waals surface area (Å²) in [5.74, 6) is 1.82. The van der Waals surface area contributed by atoms with Crippen molar-refractivity contribution in [2.75, 3.05) is 0 Å². The Morgan fingerprint density at radius 3 is 1.41 bits per heavy atom. The molecule has 108 valence electrons. The van der Waals surface area contributed by atoms with E-state index in [1.807, 2.05) is 24.3 Å². The van der Waals surface area contributed by atoms with Crippen LogP contribution in [0.2, 0.25) is 0 Å². The van der Waals surface area contributed by atoms with Gasteiger partial charge in [0.05, 0.1) is 12.5 Å². The quantitative estimate of drug-likeness (QED) is 0.453. The zero-order valence-electron chi connectivity index (χ0n) is 12.6. The second kappa shape index (κ2) is 4.92.